The number of pyridine rings is 1. The van der Waals surface area contributed by atoms with Gasteiger partial charge in [-0.1, -0.05) is 6.07 Å². The highest BCUT2D eigenvalue weighted by molar-refractivity contribution is 5.52. The normalized spacial score (nSPS) is 24.3. The molecule has 1 aliphatic carbocycles. The molecule has 1 unspecified atom stereocenters. The third-order valence-electron chi connectivity index (χ3n) is 5.75. The molecule has 2 aromatic rings. The van der Waals surface area contributed by atoms with Crippen molar-refractivity contribution in [1.82, 2.24) is 24.6 Å². The van der Waals surface area contributed by atoms with Crippen molar-refractivity contribution >= 4 is 5.95 Å². The van der Waals surface area contributed by atoms with E-state index in [2.05, 4.69) is 29.5 Å². The molecule has 7 heteroatoms. The third kappa shape index (κ3) is 3.21. The topological polar surface area (TPSA) is 59.3 Å². The van der Waals surface area contributed by atoms with Gasteiger partial charge in [-0.25, -0.2) is 0 Å². The molecular formula is C19H26N6O. The Hall–Kier alpha value is -1.99. The van der Waals surface area contributed by atoms with E-state index in [1.807, 2.05) is 24.4 Å². The molecule has 1 saturated carbocycles. The number of aromatic nitrogens is 4. The van der Waals surface area contributed by atoms with Crippen LogP contribution in [-0.4, -0.2) is 70.1 Å². The number of ether oxygens (including phenoxy) is 1. The molecule has 4 heterocycles. The predicted molar refractivity (Wildman–Crippen MR) is 99.0 cm³/mol. The van der Waals surface area contributed by atoms with E-state index in [1.165, 1.54) is 12.8 Å². The Labute approximate surface area is 154 Å². The van der Waals surface area contributed by atoms with Crippen LogP contribution >= 0.6 is 0 Å². The molecule has 26 heavy (non-hydrogen) atoms. The molecule has 0 N–H and O–H groups in total. The second-order valence-electron chi connectivity index (χ2n) is 7.63. The van der Waals surface area contributed by atoms with Crippen LogP contribution in [0.5, 0.6) is 0 Å². The lowest BCUT2D eigenvalue weighted by atomic mass is 10.1. The maximum absolute atomic E-state index is 5.59. The van der Waals surface area contributed by atoms with E-state index in [1.54, 1.807) is 0 Å². The van der Waals surface area contributed by atoms with Crippen molar-refractivity contribution < 1.29 is 4.74 Å². The van der Waals surface area contributed by atoms with Gasteiger partial charge in [0.05, 0.1) is 6.61 Å². The van der Waals surface area contributed by atoms with E-state index in [-0.39, 0.29) is 0 Å². The van der Waals surface area contributed by atoms with Gasteiger partial charge >= 0.3 is 0 Å². The smallest absolute Gasteiger partial charge is 0.227 e. The summed E-state index contributed by atoms with van der Waals surface area (Å²) in [4.78, 5) is 9.53. The van der Waals surface area contributed by atoms with Gasteiger partial charge in [0, 0.05) is 57.5 Å². The highest BCUT2D eigenvalue weighted by Gasteiger charge is 2.33. The summed E-state index contributed by atoms with van der Waals surface area (Å²) in [5.41, 5.74) is 0.891. The maximum Gasteiger partial charge on any atom is 0.227 e. The third-order valence-corrected chi connectivity index (χ3v) is 5.75. The lowest BCUT2D eigenvalue weighted by Crippen LogP contribution is -2.48. The van der Waals surface area contributed by atoms with Crippen molar-refractivity contribution in [3.63, 3.8) is 0 Å². The monoisotopic (exact) mass is 354 g/mol. The number of piperazine rings is 1. The first-order valence-corrected chi connectivity index (χ1v) is 9.80. The average molecular weight is 354 g/mol. The number of nitrogens with zero attached hydrogens (tertiary/aromatic N) is 6. The van der Waals surface area contributed by atoms with E-state index in [4.69, 9.17) is 4.74 Å². The van der Waals surface area contributed by atoms with Crippen molar-refractivity contribution in [2.75, 3.05) is 44.3 Å². The zero-order valence-electron chi connectivity index (χ0n) is 15.1. The number of hydrogen-bond acceptors (Lipinski definition) is 6. The summed E-state index contributed by atoms with van der Waals surface area (Å²) in [6.07, 6.45) is 5.68. The Morgan fingerprint density at radius 1 is 1.04 bits per heavy atom. The highest BCUT2D eigenvalue weighted by atomic mass is 16.5. The fraction of sp³-hybridized carbons (Fsp3) is 0.632. The van der Waals surface area contributed by atoms with Crippen LogP contribution in [0.2, 0.25) is 0 Å². The van der Waals surface area contributed by atoms with Gasteiger partial charge in [0.2, 0.25) is 5.95 Å². The standard InChI is InChI=1S/C19H26N6O/c1-2-7-20-17(3-1)18-21-22-19(25(18)13-15-6-12-26-14-15)24-10-8-23(9-11-24)16-4-5-16/h1-3,7,15-16H,4-6,8-14H2. The molecule has 0 radical (unpaired) electrons. The highest BCUT2D eigenvalue weighted by Crippen LogP contribution is 2.30. The van der Waals surface area contributed by atoms with Gasteiger partial charge in [0.15, 0.2) is 5.82 Å². The fourth-order valence-corrected chi connectivity index (χ4v) is 4.09. The van der Waals surface area contributed by atoms with E-state index in [0.717, 1.165) is 75.9 Å². The van der Waals surface area contributed by atoms with Gasteiger partial charge in [-0.15, -0.1) is 10.2 Å². The Kier molecular flexibility index (Phi) is 4.34. The van der Waals surface area contributed by atoms with Crippen LogP contribution in [0.25, 0.3) is 11.5 Å². The molecule has 5 rings (SSSR count). The van der Waals surface area contributed by atoms with Crippen molar-refractivity contribution in [3.8, 4) is 11.5 Å². The Bertz CT molecular complexity index is 730. The summed E-state index contributed by atoms with van der Waals surface area (Å²) in [6, 6.07) is 6.80. The lowest BCUT2D eigenvalue weighted by Gasteiger charge is -2.35. The van der Waals surface area contributed by atoms with Crippen LogP contribution in [0, 0.1) is 5.92 Å². The first kappa shape index (κ1) is 16.2. The average Bonchev–Trinajstić information content (AvgIpc) is 3.26. The van der Waals surface area contributed by atoms with Crippen molar-refractivity contribution in [2.24, 2.45) is 5.92 Å². The van der Waals surface area contributed by atoms with E-state index in [9.17, 15) is 0 Å². The molecule has 3 fully saturated rings. The summed E-state index contributed by atoms with van der Waals surface area (Å²) in [7, 11) is 0. The Morgan fingerprint density at radius 2 is 1.92 bits per heavy atom. The molecule has 2 saturated heterocycles. The van der Waals surface area contributed by atoms with Crippen LogP contribution < -0.4 is 4.90 Å². The summed E-state index contributed by atoms with van der Waals surface area (Å²) in [5.74, 6) is 2.39. The van der Waals surface area contributed by atoms with Crippen molar-refractivity contribution in [3.05, 3.63) is 24.4 Å². The minimum atomic E-state index is 0.528. The van der Waals surface area contributed by atoms with E-state index in [0.29, 0.717) is 5.92 Å². The molecule has 1 atom stereocenters. The van der Waals surface area contributed by atoms with Gasteiger partial charge < -0.3 is 9.64 Å². The minimum absolute atomic E-state index is 0.528. The maximum atomic E-state index is 5.59. The quantitative estimate of drug-likeness (QED) is 0.814. The number of anilines is 1. The zero-order valence-corrected chi connectivity index (χ0v) is 15.1. The molecule has 0 bridgehead atoms. The second-order valence-corrected chi connectivity index (χ2v) is 7.63. The van der Waals surface area contributed by atoms with Gasteiger partial charge in [-0.05, 0) is 31.4 Å². The van der Waals surface area contributed by atoms with Crippen LogP contribution in [-0.2, 0) is 11.3 Å². The Balaban J connectivity index is 1.41. The largest absolute Gasteiger partial charge is 0.381 e. The van der Waals surface area contributed by atoms with Gasteiger partial charge in [0.25, 0.3) is 0 Å². The zero-order chi connectivity index (χ0) is 17.3. The van der Waals surface area contributed by atoms with Gasteiger partial charge in [-0.2, -0.15) is 0 Å². The minimum Gasteiger partial charge on any atom is -0.381 e. The second kappa shape index (κ2) is 6.96. The van der Waals surface area contributed by atoms with Crippen molar-refractivity contribution in [2.45, 2.75) is 31.8 Å². The molecule has 0 spiro atoms. The van der Waals surface area contributed by atoms with E-state index < -0.39 is 0 Å². The van der Waals surface area contributed by atoms with Gasteiger partial charge in [-0.3, -0.25) is 14.5 Å². The van der Waals surface area contributed by atoms with E-state index >= 15 is 0 Å². The fourth-order valence-electron chi connectivity index (χ4n) is 4.09. The molecule has 138 valence electrons. The summed E-state index contributed by atoms with van der Waals surface area (Å²) < 4.78 is 7.87. The number of hydrogen-bond donors (Lipinski definition) is 0. The van der Waals surface area contributed by atoms with Gasteiger partial charge in [0.1, 0.15) is 5.69 Å². The van der Waals surface area contributed by atoms with Crippen LogP contribution in [0.1, 0.15) is 19.3 Å². The first-order valence-electron chi connectivity index (χ1n) is 9.80. The summed E-state index contributed by atoms with van der Waals surface area (Å²) in [5, 5.41) is 9.11. The first-order chi connectivity index (χ1) is 12.9. The number of rotatable bonds is 5. The molecule has 3 aliphatic rings. The molecule has 2 aromatic heterocycles. The van der Waals surface area contributed by atoms with Crippen LogP contribution in [0.15, 0.2) is 24.4 Å². The lowest BCUT2D eigenvalue weighted by molar-refractivity contribution is 0.182. The summed E-state index contributed by atoms with van der Waals surface area (Å²) >= 11 is 0. The summed E-state index contributed by atoms with van der Waals surface area (Å²) in [6.45, 7) is 6.90. The van der Waals surface area contributed by atoms with Crippen LogP contribution in [0.4, 0.5) is 5.95 Å². The molecule has 0 amide bonds. The van der Waals surface area contributed by atoms with Crippen molar-refractivity contribution in [1.29, 1.82) is 0 Å². The SMILES string of the molecule is c1ccc(-c2nnc(N3CCN(C4CC4)CC3)n2CC2CCOC2)nc1. The predicted octanol–water partition coefficient (Wildman–Crippen LogP) is 1.66. The molecule has 2 aliphatic heterocycles. The molecule has 7 nitrogen and oxygen atoms in total. The van der Waals surface area contributed by atoms with Crippen LogP contribution in [0.3, 0.4) is 0 Å². The molecule has 0 aromatic carbocycles. The molecular weight excluding hydrogens is 328 g/mol. The Morgan fingerprint density at radius 3 is 2.62 bits per heavy atom.